The van der Waals surface area contributed by atoms with Crippen LogP contribution in [0.1, 0.15) is 31.2 Å². The van der Waals surface area contributed by atoms with Crippen LogP contribution in [-0.2, 0) is 35.2 Å². The molecule has 8 N–H and O–H groups in total. The van der Waals surface area contributed by atoms with E-state index in [1.54, 1.807) is 36.6 Å². The largest absolute Gasteiger partial charge is 0.481 e. The molecule has 0 bridgehead atoms. The Morgan fingerprint density at radius 2 is 1.38 bits per heavy atom. The number of hydrogen-bond donors (Lipinski definition) is 7. The standard InChI is InChI=1S/C23H32N4O9S/c1-37-10-9-15(21(33)27-17(23(35)36)12-19(30)31)25-22(34)16(11-13-5-3-2-4-6-13)26-20(32)14(24)7-8-18(28)29/h2-6,14-17H,7-12,24H2,1H3,(H,25,34)(H,26,32)(H,27,33)(H,28,29)(H,30,31)(H,35,36). The summed E-state index contributed by atoms with van der Waals surface area (Å²) in [5.74, 6) is -6.10. The summed E-state index contributed by atoms with van der Waals surface area (Å²) in [6.45, 7) is 0. The molecule has 4 unspecified atom stereocenters. The maximum atomic E-state index is 13.2. The number of nitrogens with two attached hydrogens (primary N) is 1. The zero-order valence-corrected chi connectivity index (χ0v) is 21.0. The molecule has 204 valence electrons. The molecule has 0 saturated heterocycles. The van der Waals surface area contributed by atoms with Gasteiger partial charge in [0, 0.05) is 12.8 Å². The topological polar surface area (TPSA) is 225 Å². The highest BCUT2D eigenvalue weighted by atomic mass is 32.2. The Bertz CT molecular complexity index is 961. The Hall–Kier alpha value is -3.65. The van der Waals surface area contributed by atoms with Crippen molar-refractivity contribution in [1.82, 2.24) is 16.0 Å². The molecule has 14 heteroatoms. The van der Waals surface area contributed by atoms with E-state index in [-0.39, 0.29) is 25.7 Å². The first-order chi connectivity index (χ1) is 17.4. The van der Waals surface area contributed by atoms with Crippen LogP contribution in [0.15, 0.2) is 30.3 Å². The van der Waals surface area contributed by atoms with Gasteiger partial charge in [0.15, 0.2) is 0 Å². The Morgan fingerprint density at radius 1 is 0.811 bits per heavy atom. The molecule has 1 rings (SSSR count). The van der Waals surface area contributed by atoms with Crippen molar-refractivity contribution in [1.29, 1.82) is 0 Å². The molecule has 4 atom stereocenters. The number of carbonyl (C=O) groups is 6. The summed E-state index contributed by atoms with van der Waals surface area (Å²) >= 11 is 1.37. The Morgan fingerprint density at radius 3 is 1.92 bits per heavy atom. The van der Waals surface area contributed by atoms with Gasteiger partial charge in [0.05, 0.1) is 12.5 Å². The van der Waals surface area contributed by atoms with Crippen LogP contribution in [0.2, 0.25) is 0 Å². The molecule has 0 heterocycles. The number of thioether (sulfide) groups is 1. The fourth-order valence-corrected chi connectivity index (χ4v) is 3.64. The molecule has 0 aliphatic carbocycles. The van der Waals surface area contributed by atoms with Crippen LogP contribution in [0.3, 0.4) is 0 Å². The van der Waals surface area contributed by atoms with Crippen molar-refractivity contribution in [3.05, 3.63) is 35.9 Å². The minimum atomic E-state index is -1.70. The number of carboxylic acids is 3. The molecule has 0 aliphatic rings. The summed E-state index contributed by atoms with van der Waals surface area (Å²) < 4.78 is 0. The molecular formula is C23H32N4O9S. The zero-order valence-electron chi connectivity index (χ0n) is 20.2. The Labute approximate surface area is 217 Å². The van der Waals surface area contributed by atoms with E-state index >= 15 is 0 Å². The van der Waals surface area contributed by atoms with E-state index in [1.807, 2.05) is 0 Å². The molecular weight excluding hydrogens is 508 g/mol. The number of rotatable bonds is 17. The number of nitrogens with one attached hydrogen (secondary N) is 3. The SMILES string of the molecule is CSCCC(NC(=O)C(Cc1ccccc1)NC(=O)C(N)CCC(=O)O)C(=O)NC(CC(=O)O)C(=O)O. The van der Waals surface area contributed by atoms with Gasteiger partial charge in [-0.15, -0.1) is 0 Å². The van der Waals surface area contributed by atoms with Gasteiger partial charge in [-0.25, -0.2) is 4.79 Å². The lowest BCUT2D eigenvalue weighted by molar-refractivity contribution is -0.147. The van der Waals surface area contributed by atoms with Gasteiger partial charge < -0.3 is 37.0 Å². The Balaban J connectivity index is 3.07. The highest BCUT2D eigenvalue weighted by molar-refractivity contribution is 7.98. The quantitative estimate of drug-likeness (QED) is 0.129. The predicted molar refractivity (Wildman–Crippen MR) is 134 cm³/mol. The van der Waals surface area contributed by atoms with Crippen LogP contribution in [0.25, 0.3) is 0 Å². The van der Waals surface area contributed by atoms with Crippen molar-refractivity contribution in [2.45, 2.75) is 56.3 Å². The van der Waals surface area contributed by atoms with E-state index in [0.717, 1.165) is 0 Å². The molecule has 0 fully saturated rings. The molecule has 13 nitrogen and oxygen atoms in total. The number of carboxylic acid groups (broad SMARTS) is 3. The third-order valence-electron chi connectivity index (χ3n) is 5.16. The molecule has 0 aliphatic heterocycles. The third kappa shape index (κ3) is 12.2. The fourth-order valence-electron chi connectivity index (χ4n) is 3.17. The fraction of sp³-hybridized carbons (Fsp3) is 0.478. The lowest BCUT2D eigenvalue weighted by atomic mass is 10.0. The molecule has 0 aromatic heterocycles. The van der Waals surface area contributed by atoms with Crippen LogP contribution in [0.4, 0.5) is 0 Å². The summed E-state index contributed by atoms with van der Waals surface area (Å²) in [7, 11) is 0. The molecule has 0 saturated carbocycles. The number of carbonyl (C=O) groups excluding carboxylic acids is 3. The van der Waals surface area contributed by atoms with Crippen molar-refractivity contribution < 1.29 is 44.1 Å². The van der Waals surface area contributed by atoms with Crippen molar-refractivity contribution in [3.8, 4) is 0 Å². The van der Waals surface area contributed by atoms with Crippen molar-refractivity contribution in [3.63, 3.8) is 0 Å². The van der Waals surface area contributed by atoms with Crippen molar-refractivity contribution in [2.75, 3.05) is 12.0 Å². The second-order valence-corrected chi connectivity index (χ2v) is 9.12. The number of hydrogen-bond acceptors (Lipinski definition) is 8. The van der Waals surface area contributed by atoms with Crippen LogP contribution in [0.5, 0.6) is 0 Å². The molecule has 37 heavy (non-hydrogen) atoms. The number of benzene rings is 1. The summed E-state index contributed by atoms with van der Waals surface area (Å²) in [6, 6.07) is 3.36. The number of amides is 3. The van der Waals surface area contributed by atoms with E-state index in [9.17, 15) is 33.9 Å². The first-order valence-corrected chi connectivity index (χ1v) is 12.7. The lowest BCUT2D eigenvalue weighted by Crippen LogP contribution is -2.57. The van der Waals surface area contributed by atoms with E-state index in [4.69, 9.17) is 15.9 Å². The summed E-state index contributed by atoms with van der Waals surface area (Å²) in [5.41, 5.74) is 6.45. The molecule has 1 aromatic carbocycles. The van der Waals surface area contributed by atoms with Gasteiger partial charge in [0.2, 0.25) is 17.7 Å². The number of aliphatic carboxylic acids is 3. The minimum absolute atomic E-state index is 0.0255. The van der Waals surface area contributed by atoms with Gasteiger partial charge in [0.25, 0.3) is 0 Å². The second kappa shape index (κ2) is 16.2. The van der Waals surface area contributed by atoms with Gasteiger partial charge in [-0.2, -0.15) is 11.8 Å². The predicted octanol–water partition coefficient (Wildman–Crippen LogP) is -0.812. The van der Waals surface area contributed by atoms with Crippen molar-refractivity contribution >= 4 is 47.4 Å². The van der Waals surface area contributed by atoms with Crippen LogP contribution >= 0.6 is 11.8 Å². The van der Waals surface area contributed by atoms with E-state index in [2.05, 4.69) is 16.0 Å². The third-order valence-corrected chi connectivity index (χ3v) is 5.80. The van der Waals surface area contributed by atoms with Gasteiger partial charge in [0.1, 0.15) is 18.1 Å². The first kappa shape index (κ1) is 31.4. The van der Waals surface area contributed by atoms with E-state index in [1.165, 1.54) is 11.8 Å². The van der Waals surface area contributed by atoms with Gasteiger partial charge in [-0.1, -0.05) is 30.3 Å². The van der Waals surface area contributed by atoms with Crippen LogP contribution in [-0.4, -0.2) is 87.1 Å². The first-order valence-electron chi connectivity index (χ1n) is 11.3. The molecule has 3 amide bonds. The monoisotopic (exact) mass is 540 g/mol. The average Bonchev–Trinajstić information content (AvgIpc) is 2.84. The highest BCUT2D eigenvalue weighted by Gasteiger charge is 2.31. The molecule has 1 aromatic rings. The second-order valence-electron chi connectivity index (χ2n) is 8.13. The normalized spacial score (nSPS) is 13.9. The smallest absolute Gasteiger partial charge is 0.326 e. The Kier molecular flexibility index (Phi) is 13.7. The van der Waals surface area contributed by atoms with Gasteiger partial charge >= 0.3 is 17.9 Å². The van der Waals surface area contributed by atoms with E-state index in [0.29, 0.717) is 11.3 Å². The van der Waals surface area contributed by atoms with Crippen LogP contribution in [0, 0.1) is 0 Å². The summed E-state index contributed by atoms with van der Waals surface area (Å²) in [5, 5.41) is 34.1. The maximum absolute atomic E-state index is 13.2. The van der Waals surface area contributed by atoms with E-state index < -0.39 is 66.2 Å². The summed E-state index contributed by atoms with van der Waals surface area (Å²) in [6.07, 6.45) is 0.533. The highest BCUT2D eigenvalue weighted by Crippen LogP contribution is 2.08. The zero-order chi connectivity index (χ0) is 28.0. The summed E-state index contributed by atoms with van der Waals surface area (Å²) in [4.78, 5) is 71.6. The lowest BCUT2D eigenvalue weighted by Gasteiger charge is -2.25. The van der Waals surface area contributed by atoms with Crippen LogP contribution < -0.4 is 21.7 Å². The maximum Gasteiger partial charge on any atom is 0.326 e. The van der Waals surface area contributed by atoms with Crippen molar-refractivity contribution in [2.24, 2.45) is 5.73 Å². The molecule has 0 spiro atoms. The van der Waals surface area contributed by atoms with Gasteiger partial charge in [-0.3, -0.25) is 24.0 Å². The molecule has 0 radical (unpaired) electrons. The minimum Gasteiger partial charge on any atom is -0.481 e. The average molecular weight is 541 g/mol. The van der Waals surface area contributed by atoms with Gasteiger partial charge in [-0.05, 0) is 30.4 Å².